The van der Waals surface area contributed by atoms with Gasteiger partial charge in [0.05, 0.1) is 11.0 Å². The smallest absolute Gasteiger partial charge is 0.227 e. The van der Waals surface area contributed by atoms with Gasteiger partial charge in [0.25, 0.3) is 0 Å². The highest BCUT2D eigenvalue weighted by Gasteiger charge is 2.20. The molecular formula is C43H26N2OS. The summed E-state index contributed by atoms with van der Waals surface area (Å²) in [5, 5.41) is 4.88. The molecule has 0 unspecified atom stereocenters. The van der Waals surface area contributed by atoms with Crippen LogP contribution in [0.5, 0.6) is 0 Å². The first kappa shape index (κ1) is 26.3. The molecule has 0 saturated carbocycles. The van der Waals surface area contributed by atoms with Crippen LogP contribution in [0.2, 0.25) is 0 Å². The molecule has 10 aromatic rings. The molecule has 0 aliphatic rings. The highest BCUT2D eigenvalue weighted by molar-refractivity contribution is 7.26. The van der Waals surface area contributed by atoms with Gasteiger partial charge in [-0.3, -0.25) is 0 Å². The minimum atomic E-state index is 0.632. The second-order valence-corrected chi connectivity index (χ2v) is 13.0. The van der Waals surface area contributed by atoms with E-state index in [4.69, 9.17) is 9.40 Å². The molecule has 0 N–H and O–H groups in total. The van der Waals surface area contributed by atoms with Crippen LogP contribution in [0.1, 0.15) is 0 Å². The first-order chi connectivity index (χ1) is 23.3. The number of nitrogens with zero attached hydrogens (tertiary/aromatic N) is 2. The molecule has 3 heterocycles. The van der Waals surface area contributed by atoms with Gasteiger partial charge >= 0.3 is 0 Å². The molecule has 47 heavy (non-hydrogen) atoms. The largest absolute Gasteiger partial charge is 0.436 e. The van der Waals surface area contributed by atoms with Crippen molar-refractivity contribution in [3.8, 4) is 39.4 Å². The molecule has 0 atom stereocenters. The summed E-state index contributed by atoms with van der Waals surface area (Å²) in [6.07, 6.45) is 0. The van der Waals surface area contributed by atoms with Crippen molar-refractivity contribution in [1.82, 2.24) is 9.55 Å². The number of aromatic nitrogens is 2. The fraction of sp³-hybridized carbons (Fsp3) is 0. The standard InChI is InChI=1S/C43H26N2OS/c1-3-11-28(12-4-1)35-26-38-41(40-34-16-8-10-18-39(34)47-42(35)40)44-43(46-38)29-21-19-27(20-22-29)30-23-24-33-32-15-7-9-17-36(32)45(37(33)25-30)31-13-5-2-6-14-31/h1-26H. The lowest BCUT2D eigenvalue weighted by Gasteiger charge is -2.09. The zero-order chi connectivity index (χ0) is 30.9. The minimum Gasteiger partial charge on any atom is -0.436 e. The molecule has 0 aliphatic carbocycles. The Morgan fingerprint density at radius 2 is 1.17 bits per heavy atom. The molecule has 220 valence electrons. The van der Waals surface area contributed by atoms with Crippen LogP contribution in [-0.4, -0.2) is 9.55 Å². The molecule has 7 aromatic carbocycles. The van der Waals surface area contributed by atoms with Crippen LogP contribution in [0.3, 0.4) is 0 Å². The van der Waals surface area contributed by atoms with Crippen molar-refractivity contribution in [1.29, 1.82) is 0 Å². The van der Waals surface area contributed by atoms with Gasteiger partial charge in [0, 0.05) is 47.8 Å². The Bertz CT molecular complexity index is 2770. The second kappa shape index (κ2) is 10.3. The monoisotopic (exact) mass is 618 g/mol. The second-order valence-electron chi connectivity index (χ2n) is 12.0. The van der Waals surface area contributed by atoms with E-state index < -0.39 is 0 Å². The average molecular weight is 619 g/mol. The lowest BCUT2D eigenvalue weighted by molar-refractivity contribution is 0.620. The molecule has 0 fully saturated rings. The summed E-state index contributed by atoms with van der Waals surface area (Å²) in [5.41, 5.74) is 10.9. The summed E-state index contributed by atoms with van der Waals surface area (Å²) in [6.45, 7) is 0. The van der Waals surface area contributed by atoms with Crippen LogP contribution in [-0.2, 0) is 0 Å². The molecule has 0 amide bonds. The zero-order valence-corrected chi connectivity index (χ0v) is 26.0. The third-order valence-corrected chi connectivity index (χ3v) is 10.4. The molecule has 3 aromatic heterocycles. The van der Waals surface area contributed by atoms with E-state index in [9.17, 15) is 0 Å². The van der Waals surface area contributed by atoms with Gasteiger partial charge in [-0.25, -0.2) is 4.98 Å². The maximum Gasteiger partial charge on any atom is 0.227 e. The molecule has 0 saturated heterocycles. The average Bonchev–Trinajstić information content (AvgIpc) is 3.84. The normalized spacial score (nSPS) is 11.8. The van der Waals surface area contributed by atoms with Crippen LogP contribution < -0.4 is 0 Å². The Labute approximate surface area is 274 Å². The topological polar surface area (TPSA) is 31.0 Å². The fourth-order valence-electron chi connectivity index (χ4n) is 7.04. The molecular weight excluding hydrogens is 593 g/mol. The molecule has 4 heteroatoms. The van der Waals surface area contributed by atoms with Crippen molar-refractivity contribution in [3.05, 3.63) is 158 Å². The Morgan fingerprint density at radius 1 is 0.511 bits per heavy atom. The minimum absolute atomic E-state index is 0.632. The van der Waals surface area contributed by atoms with Gasteiger partial charge in [0.1, 0.15) is 5.52 Å². The van der Waals surface area contributed by atoms with Crippen LogP contribution >= 0.6 is 11.3 Å². The van der Waals surface area contributed by atoms with Gasteiger partial charge < -0.3 is 8.98 Å². The number of para-hydroxylation sites is 2. The maximum atomic E-state index is 6.53. The van der Waals surface area contributed by atoms with E-state index in [2.05, 4.69) is 162 Å². The molecule has 10 rings (SSSR count). The molecule has 0 bridgehead atoms. The van der Waals surface area contributed by atoms with E-state index in [1.807, 2.05) is 11.3 Å². The third kappa shape index (κ3) is 4.09. The van der Waals surface area contributed by atoms with E-state index in [1.54, 1.807) is 0 Å². The predicted octanol–water partition coefficient (Wildman–Crippen LogP) is 12.3. The summed E-state index contributed by atoms with van der Waals surface area (Å²) in [6, 6.07) is 55.9. The summed E-state index contributed by atoms with van der Waals surface area (Å²) in [4.78, 5) is 5.12. The van der Waals surface area contributed by atoms with Crippen molar-refractivity contribution < 1.29 is 4.42 Å². The molecule has 0 aliphatic heterocycles. The number of oxazole rings is 1. The number of hydrogen-bond acceptors (Lipinski definition) is 3. The van der Waals surface area contributed by atoms with Crippen molar-refractivity contribution in [3.63, 3.8) is 0 Å². The van der Waals surface area contributed by atoms with Crippen molar-refractivity contribution in [2.24, 2.45) is 0 Å². The highest BCUT2D eigenvalue weighted by atomic mass is 32.1. The van der Waals surface area contributed by atoms with Gasteiger partial charge in [0.15, 0.2) is 5.58 Å². The highest BCUT2D eigenvalue weighted by Crippen LogP contribution is 2.45. The van der Waals surface area contributed by atoms with Crippen LogP contribution in [0.4, 0.5) is 0 Å². The summed E-state index contributed by atoms with van der Waals surface area (Å²) < 4.78 is 11.4. The van der Waals surface area contributed by atoms with Gasteiger partial charge in [-0.1, -0.05) is 109 Å². The summed E-state index contributed by atoms with van der Waals surface area (Å²) in [7, 11) is 0. The van der Waals surface area contributed by atoms with E-state index in [0.717, 1.165) is 33.3 Å². The van der Waals surface area contributed by atoms with Gasteiger partial charge in [-0.15, -0.1) is 11.3 Å². The number of thiophene rings is 1. The number of hydrogen-bond donors (Lipinski definition) is 0. The quantitative estimate of drug-likeness (QED) is 0.196. The van der Waals surface area contributed by atoms with Crippen molar-refractivity contribution >= 4 is 64.4 Å². The first-order valence-corrected chi connectivity index (χ1v) is 16.6. The van der Waals surface area contributed by atoms with Gasteiger partial charge in [0.2, 0.25) is 5.89 Å². The Balaban J connectivity index is 1.10. The number of fused-ring (bicyclic) bond motifs is 8. The predicted molar refractivity (Wildman–Crippen MR) is 198 cm³/mol. The summed E-state index contributed by atoms with van der Waals surface area (Å²) >= 11 is 1.82. The van der Waals surface area contributed by atoms with E-state index in [0.29, 0.717) is 5.89 Å². The third-order valence-electron chi connectivity index (χ3n) is 9.24. The van der Waals surface area contributed by atoms with Crippen LogP contribution in [0.25, 0.3) is 92.5 Å². The lowest BCUT2D eigenvalue weighted by atomic mass is 10.0. The summed E-state index contributed by atoms with van der Waals surface area (Å²) in [5.74, 6) is 0.632. The van der Waals surface area contributed by atoms with Crippen molar-refractivity contribution in [2.45, 2.75) is 0 Å². The molecule has 0 spiro atoms. The molecule has 0 radical (unpaired) electrons. The Morgan fingerprint density at radius 3 is 2.00 bits per heavy atom. The molecule has 3 nitrogen and oxygen atoms in total. The Hall–Kier alpha value is -5.97. The fourth-order valence-corrected chi connectivity index (χ4v) is 8.28. The van der Waals surface area contributed by atoms with Gasteiger partial charge in [-0.2, -0.15) is 0 Å². The maximum absolute atomic E-state index is 6.53. The number of benzene rings is 7. The van der Waals surface area contributed by atoms with Crippen molar-refractivity contribution in [2.75, 3.05) is 0 Å². The lowest BCUT2D eigenvalue weighted by Crippen LogP contribution is -1.93. The van der Waals surface area contributed by atoms with Gasteiger partial charge in [-0.05, 0) is 65.2 Å². The van der Waals surface area contributed by atoms with E-state index >= 15 is 0 Å². The van der Waals surface area contributed by atoms with E-state index in [1.165, 1.54) is 53.3 Å². The SMILES string of the molecule is c1ccc(-c2cc3oc(-c4ccc(-c5ccc6c7ccccc7n(-c7ccccc7)c6c5)cc4)nc3c3c2sc2ccccc23)cc1. The first-order valence-electron chi connectivity index (χ1n) is 15.8. The van der Waals surface area contributed by atoms with E-state index in [-0.39, 0.29) is 0 Å². The Kier molecular flexibility index (Phi) is 5.74. The zero-order valence-electron chi connectivity index (χ0n) is 25.2. The van der Waals surface area contributed by atoms with Crippen LogP contribution in [0, 0.1) is 0 Å². The number of rotatable bonds is 4. The van der Waals surface area contributed by atoms with Crippen LogP contribution in [0.15, 0.2) is 162 Å².